The molecular formula is C17H25ClN2O. The highest BCUT2D eigenvalue weighted by Crippen LogP contribution is 2.30. The van der Waals surface area contributed by atoms with Gasteiger partial charge in [-0.25, -0.2) is 0 Å². The maximum atomic E-state index is 10.3. The lowest BCUT2D eigenvalue weighted by Crippen LogP contribution is -2.42. The highest BCUT2D eigenvalue weighted by atomic mass is 35.5. The van der Waals surface area contributed by atoms with Crippen molar-refractivity contribution >= 4 is 22.5 Å². The number of fused-ring (bicyclic) bond motifs is 1. The van der Waals surface area contributed by atoms with E-state index >= 15 is 0 Å². The summed E-state index contributed by atoms with van der Waals surface area (Å²) in [6.45, 7) is 11.6. The first-order valence-electron chi connectivity index (χ1n) is 7.37. The molecule has 0 bridgehead atoms. The first kappa shape index (κ1) is 16.3. The molecule has 2 N–H and O–H groups in total. The van der Waals surface area contributed by atoms with Gasteiger partial charge in [0.1, 0.15) is 0 Å². The number of aryl methyl sites for hydroxylation is 1. The fourth-order valence-corrected chi connectivity index (χ4v) is 2.86. The van der Waals surface area contributed by atoms with Crippen LogP contribution in [0.25, 0.3) is 10.9 Å². The summed E-state index contributed by atoms with van der Waals surface area (Å²) in [7, 11) is 0. The molecule has 0 radical (unpaired) electrons. The summed E-state index contributed by atoms with van der Waals surface area (Å²) < 4.78 is 2.13. The maximum Gasteiger partial charge on any atom is 0.0843 e. The quantitative estimate of drug-likeness (QED) is 0.904. The summed E-state index contributed by atoms with van der Waals surface area (Å²) in [5, 5.41) is 15.6. The molecule has 0 saturated carbocycles. The van der Waals surface area contributed by atoms with E-state index in [2.05, 4.69) is 50.6 Å². The summed E-state index contributed by atoms with van der Waals surface area (Å²) in [6, 6.07) is 5.96. The van der Waals surface area contributed by atoms with Crippen molar-refractivity contribution in [3.63, 3.8) is 0 Å². The van der Waals surface area contributed by atoms with Crippen molar-refractivity contribution in [1.29, 1.82) is 0 Å². The predicted octanol–water partition coefficient (Wildman–Crippen LogP) is 3.66. The number of nitrogens with one attached hydrogen (secondary N) is 1. The Morgan fingerprint density at radius 3 is 2.57 bits per heavy atom. The number of rotatable bonds is 4. The number of nitrogens with zero attached hydrogens (tertiary/aromatic N) is 1. The zero-order chi connectivity index (χ0) is 15.8. The molecule has 4 heteroatoms. The number of para-hydroxylation sites is 1. The van der Waals surface area contributed by atoms with Crippen LogP contribution in [0, 0.1) is 13.8 Å². The third-order valence-corrected chi connectivity index (χ3v) is 4.17. The molecule has 1 heterocycles. The van der Waals surface area contributed by atoms with Crippen LogP contribution in [-0.2, 0) is 6.54 Å². The molecule has 3 nitrogen and oxygen atoms in total. The Labute approximate surface area is 131 Å². The molecule has 2 rings (SSSR count). The number of aliphatic hydroxyl groups excluding tert-OH is 1. The van der Waals surface area contributed by atoms with Crippen LogP contribution in [0.1, 0.15) is 32.0 Å². The lowest BCUT2D eigenvalue weighted by molar-refractivity contribution is 0.142. The van der Waals surface area contributed by atoms with Gasteiger partial charge in [0, 0.05) is 23.2 Å². The standard InChI is InChI=1S/C17H25ClN2O/c1-11-12(2)20(10-13(21)9-19-17(3,4)5)16-14(11)7-6-8-15(16)18/h6-8,13,19,21H,9-10H2,1-5H3. The van der Waals surface area contributed by atoms with Gasteiger partial charge in [-0.05, 0) is 46.2 Å². The van der Waals surface area contributed by atoms with Gasteiger partial charge >= 0.3 is 0 Å². The van der Waals surface area contributed by atoms with Crippen LogP contribution in [0.15, 0.2) is 18.2 Å². The van der Waals surface area contributed by atoms with Crippen LogP contribution in [-0.4, -0.2) is 27.9 Å². The molecule has 0 aliphatic heterocycles. The van der Waals surface area contributed by atoms with Crippen molar-refractivity contribution in [3.8, 4) is 0 Å². The number of hydrogen-bond donors (Lipinski definition) is 2. The zero-order valence-electron chi connectivity index (χ0n) is 13.5. The first-order chi connectivity index (χ1) is 9.70. The molecule has 116 valence electrons. The van der Waals surface area contributed by atoms with Gasteiger partial charge < -0.3 is 15.0 Å². The Bertz CT molecular complexity index is 640. The monoisotopic (exact) mass is 308 g/mol. The summed E-state index contributed by atoms with van der Waals surface area (Å²) >= 11 is 6.36. The van der Waals surface area contributed by atoms with E-state index < -0.39 is 6.10 Å². The van der Waals surface area contributed by atoms with E-state index in [0.717, 1.165) is 21.6 Å². The van der Waals surface area contributed by atoms with Gasteiger partial charge in [0.2, 0.25) is 0 Å². The van der Waals surface area contributed by atoms with Gasteiger partial charge in [-0.2, -0.15) is 0 Å². The Morgan fingerprint density at radius 1 is 1.29 bits per heavy atom. The summed E-state index contributed by atoms with van der Waals surface area (Å²) in [6.07, 6.45) is -0.450. The van der Waals surface area contributed by atoms with E-state index in [1.165, 1.54) is 5.56 Å². The van der Waals surface area contributed by atoms with Gasteiger partial charge in [-0.3, -0.25) is 0 Å². The van der Waals surface area contributed by atoms with E-state index in [1.807, 2.05) is 12.1 Å². The van der Waals surface area contributed by atoms with Crippen molar-refractivity contribution in [2.75, 3.05) is 6.54 Å². The van der Waals surface area contributed by atoms with E-state index in [9.17, 15) is 5.11 Å². The minimum Gasteiger partial charge on any atom is -0.390 e. The molecule has 1 unspecified atom stereocenters. The van der Waals surface area contributed by atoms with Crippen molar-refractivity contribution in [3.05, 3.63) is 34.5 Å². The van der Waals surface area contributed by atoms with Gasteiger partial charge in [0.05, 0.1) is 23.2 Å². The van der Waals surface area contributed by atoms with Gasteiger partial charge in [-0.1, -0.05) is 23.7 Å². The van der Waals surface area contributed by atoms with Gasteiger partial charge in [0.15, 0.2) is 0 Å². The molecule has 2 aromatic rings. The molecule has 0 aliphatic rings. The van der Waals surface area contributed by atoms with Crippen molar-refractivity contribution in [2.45, 2.75) is 52.8 Å². The van der Waals surface area contributed by atoms with Crippen LogP contribution in [0.4, 0.5) is 0 Å². The molecule has 0 fully saturated rings. The third-order valence-electron chi connectivity index (χ3n) is 3.87. The second-order valence-corrected chi connectivity index (χ2v) is 7.15. The highest BCUT2D eigenvalue weighted by Gasteiger charge is 2.17. The van der Waals surface area contributed by atoms with E-state index in [-0.39, 0.29) is 5.54 Å². The Morgan fingerprint density at radius 2 is 1.95 bits per heavy atom. The molecular weight excluding hydrogens is 284 g/mol. The molecule has 0 saturated heterocycles. The number of hydrogen-bond acceptors (Lipinski definition) is 2. The first-order valence-corrected chi connectivity index (χ1v) is 7.75. The SMILES string of the molecule is Cc1c(C)n(CC(O)CNC(C)(C)C)c2c(Cl)cccc12. The van der Waals surface area contributed by atoms with Crippen molar-refractivity contribution < 1.29 is 5.11 Å². The second kappa shape index (κ2) is 5.99. The Balaban J connectivity index is 2.28. The van der Waals surface area contributed by atoms with E-state index in [4.69, 9.17) is 11.6 Å². The van der Waals surface area contributed by atoms with E-state index in [1.54, 1.807) is 0 Å². The smallest absolute Gasteiger partial charge is 0.0843 e. The predicted molar refractivity (Wildman–Crippen MR) is 90.2 cm³/mol. The topological polar surface area (TPSA) is 37.2 Å². The number of benzene rings is 1. The Hall–Kier alpha value is -1.03. The van der Waals surface area contributed by atoms with Crippen LogP contribution in [0.3, 0.4) is 0 Å². The number of aromatic nitrogens is 1. The van der Waals surface area contributed by atoms with Crippen LogP contribution in [0.2, 0.25) is 5.02 Å². The number of β-amino-alcohol motifs (C(OH)–C–C–N with tert-alkyl or cyclic N) is 1. The summed E-state index contributed by atoms with van der Waals surface area (Å²) in [5.74, 6) is 0. The highest BCUT2D eigenvalue weighted by molar-refractivity contribution is 6.35. The fourth-order valence-electron chi connectivity index (χ4n) is 2.58. The molecule has 0 spiro atoms. The van der Waals surface area contributed by atoms with E-state index in [0.29, 0.717) is 13.1 Å². The largest absolute Gasteiger partial charge is 0.390 e. The second-order valence-electron chi connectivity index (χ2n) is 6.74. The number of halogens is 1. The van der Waals surface area contributed by atoms with Crippen LogP contribution < -0.4 is 5.32 Å². The fraction of sp³-hybridized carbons (Fsp3) is 0.529. The lowest BCUT2D eigenvalue weighted by Gasteiger charge is -2.23. The zero-order valence-corrected chi connectivity index (χ0v) is 14.3. The average Bonchev–Trinajstić information content (AvgIpc) is 2.62. The molecule has 1 aromatic heterocycles. The summed E-state index contributed by atoms with van der Waals surface area (Å²) in [5.41, 5.74) is 3.41. The third kappa shape index (κ3) is 3.60. The van der Waals surface area contributed by atoms with Gasteiger partial charge in [0.25, 0.3) is 0 Å². The number of aliphatic hydroxyl groups is 1. The van der Waals surface area contributed by atoms with Crippen molar-refractivity contribution in [2.24, 2.45) is 0 Å². The van der Waals surface area contributed by atoms with Crippen molar-refractivity contribution in [1.82, 2.24) is 9.88 Å². The minimum absolute atomic E-state index is 0.00232. The molecule has 0 amide bonds. The molecule has 1 atom stereocenters. The Kier molecular flexibility index (Phi) is 4.66. The molecule has 21 heavy (non-hydrogen) atoms. The normalized spacial score (nSPS) is 13.9. The molecule has 0 aliphatic carbocycles. The lowest BCUT2D eigenvalue weighted by atomic mass is 10.1. The average molecular weight is 309 g/mol. The summed E-state index contributed by atoms with van der Waals surface area (Å²) in [4.78, 5) is 0. The minimum atomic E-state index is -0.450. The molecule has 1 aromatic carbocycles. The van der Waals surface area contributed by atoms with Crippen LogP contribution in [0.5, 0.6) is 0 Å². The van der Waals surface area contributed by atoms with Crippen LogP contribution >= 0.6 is 11.6 Å². The van der Waals surface area contributed by atoms with Gasteiger partial charge in [-0.15, -0.1) is 0 Å². The maximum absolute atomic E-state index is 10.3.